The minimum atomic E-state index is 0.0400. The van der Waals surface area contributed by atoms with E-state index in [9.17, 15) is 4.79 Å². The fourth-order valence-electron chi connectivity index (χ4n) is 3.53. The number of piperidine rings is 1. The normalized spacial score (nSPS) is 18.2. The van der Waals surface area contributed by atoms with Gasteiger partial charge in [-0.1, -0.05) is 38.1 Å². The maximum absolute atomic E-state index is 12.3. The number of carbonyl (C=O) groups is 1. The van der Waals surface area contributed by atoms with Crippen LogP contribution in [0.15, 0.2) is 35.7 Å². The fraction of sp³-hybridized carbons (Fsp3) is 0.476. The summed E-state index contributed by atoms with van der Waals surface area (Å²) in [5.41, 5.74) is 3.64. The van der Waals surface area contributed by atoms with Crippen LogP contribution in [0, 0.1) is 5.92 Å². The molecule has 1 unspecified atom stereocenters. The van der Waals surface area contributed by atoms with Crippen molar-refractivity contribution in [3.8, 4) is 0 Å². The smallest absolute Gasteiger partial charge is 0.261 e. The highest BCUT2D eigenvalue weighted by Gasteiger charge is 2.16. The van der Waals surface area contributed by atoms with Crippen LogP contribution in [0.2, 0.25) is 0 Å². The first-order chi connectivity index (χ1) is 12.2. The van der Waals surface area contributed by atoms with Gasteiger partial charge in [0.15, 0.2) is 0 Å². The Bertz CT molecular complexity index is 692. The zero-order chi connectivity index (χ0) is 17.6. The summed E-state index contributed by atoms with van der Waals surface area (Å²) in [6.07, 6.45) is 3.57. The Morgan fingerprint density at radius 3 is 2.72 bits per heavy atom. The third-order valence-electron chi connectivity index (χ3n) is 4.96. The van der Waals surface area contributed by atoms with Gasteiger partial charge < -0.3 is 5.32 Å². The van der Waals surface area contributed by atoms with Crippen molar-refractivity contribution in [3.63, 3.8) is 0 Å². The molecule has 3 nitrogen and oxygen atoms in total. The molecular formula is C21H28N2OS. The van der Waals surface area contributed by atoms with E-state index in [1.54, 1.807) is 0 Å². The molecule has 0 spiro atoms. The minimum Gasteiger partial charge on any atom is -0.347 e. The molecule has 0 bridgehead atoms. The van der Waals surface area contributed by atoms with Gasteiger partial charge in [0.05, 0.1) is 4.88 Å². The van der Waals surface area contributed by atoms with Crippen molar-refractivity contribution < 1.29 is 4.79 Å². The van der Waals surface area contributed by atoms with Crippen molar-refractivity contribution in [2.24, 2.45) is 5.92 Å². The number of aryl methyl sites for hydroxylation is 1. The summed E-state index contributed by atoms with van der Waals surface area (Å²) < 4.78 is 0. The van der Waals surface area contributed by atoms with Crippen LogP contribution in [0.5, 0.6) is 0 Å². The SMILES string of the molecule is CCc1ccsc1C(=O)NCc1ccc(CN2CCCC(C)C2)cc1. The van der Waals surface area contributed by atoms with E-state index in [-0.39, 0.29) is 5.91 Å². The van der Waals surface area contributed by atoms with E-state index in [1.165, 1.54) is 42.8 Å². The molecule has 1 aliphatic rings. The van der Waals surface area contributed by atoms with Crippen LogP contribution in [0.1, 0.15) is 53.1 Å². The molecule has 0 saturated carbocycles. The van der Waals surface area contributed by atoms with Crippen LogP contribution in [0.3, 0.4) is 0 Å². The predicted molar refractivity (Wildman–Crippen MR) is 105 cm³/mol. The molecule has 4 heteroatoms. The first-order valence-electron chi connectivity index (χ1n) is 9.30. The lowest BCUT2D eigenvalue weighted by molar-refractivity contribution is 0.0954. The topological polar surface area (TPSA) is 32.3 Å². The summed E-state index contributed by atoms with van der Waals surface area (Å²) in [6.45, 7) is 8.46. The molecule has 1 amide bonds. The van der Waals surface area contributed by atoms with E-state index < -0.39 is 0 Å². The Kier molecular flexibility index (Phi) is 6.27. The van der Waals surface area contributed by atoms with E-state index in [1.807, 2.05) is 11.4 Å². The number of hydrogen-bond donors (Lipinski definition) is 1. The molecule has 134 valence electrons. The minimum absolute atomic E-state index is 0.0400. The molecule has 1 N–H and O–H groups in total. The van der Waals surface area contributed by atoms with Gasteiger partial charge in [-0.3, -0.25) is 9.69 Å². The molecule has 25 heavy (non-hydrogen) atoms. The maximum atomic E-state index is 12.3. The largest absolute Gasteiger partial charge is 0.347 e. The van der Waals surface area contributed by atoms with E-state index in [2.05, 4.69) is 48.3 Å². The van der Waals surface area contributed by atoms with Crippen LogP contribution in [-0.2, 0) is 19.5 Å². The summed E-state index contributed by atoms with van der Waals surface area (Å²) in [5.74, 6) is 0.853. The molecule has 1 aromatic carbocycles. The van der Waals surface area contributed by atoms with Crippen molar-refractivity contribution in [2.45, 2.75) is 46.2 Å². The Morgan fingerprint density at radius 1 is 1.24 bits per heavy atom. The zero-order valence-electron chi connectivity index (χ0n) is 15.3. The number of thiophene rings is 1. The van der Waals surface area contributed by atoms with E-state index in [0.29, 0.717) is 6.54 Å². The maximum Gasteiger partial charge on any atom is 0.261 e. The molecule has 1 aromatic heterocycles. The van der Waals surface area contributed by atoms with Crippen LogP contribution < -0.4 is 5.32 Å². The molecule has 0 aliphatic carbocycles. The average molecular weight is 357 g/mol. The third-order valence-corrected chi connectivity index (χ3v) is 5.91. The molecule has 1 aliphatic heterocycles. The lowest BCUT2D eigenvalue weighted by Gasteiger charge is -2.30. The number of benzene rings is 1. The molecule has 3 rings (SSSR count). The predicted octanol–water partition coefficient (Wildman–Crippen LogP) is 4.47. The molecule has 2 heterocycles. The molecular weight excluding hydrogens is 328 g/mol. The van der Waals surface area contributed by atoms with Gasteiger partial charge >= 0.3 is 0 Å². The van der Waals surface area contributed by atoms with Crippen molar-refractivity contribution in [3.05, 3.63) is 57.3 Å². The Labute approximate surface area is 155 Å². The Hall–Kier alpha value is -1.65. The Morgan fingerprint density at radius 2 is 2.00 bits per heavy atom. The average Bonchev–Trinajstić information content (AvgIpc) is 3.10. The van der Waals surface area contributed by atoms with Crippen molar-refractivity contribution in [2.75, 3.05) is 13.1 Å². The summed E-state index contributed by atoms with van der Waals surface area (Å²) in [5, 5.41) is 5.03. The third kappa shape index (κ3) is 4.93. The number of carbonyl (C=O) groups excluding carboxylic acids is 1. The summed E-state index contributed by atoms with van der Waals surface area (Å²) in [7, 11) is 0. The van der Waals surface area contributed by atoms with Crippen LogP contribution in [0.4, 0.5) is 0 Å². The molecule has 0 radical (unpaired) electrons. The van der Waals surface area contributed by atoms with Crippen molar-refractivity contribution >= 4 is 17.2 Å². The summed E-state index contributed by atoms with van der Waals surface area (Å²) in [4.78, 5) is 15.7. The van der Waals surface area contributed by atoms with Crippen LogP contribution in [-0.4, -0.2) is 23.9 Å². The van der Waals surface area contributed by atoms with Crippen LogP contribution >= 0.6 is 11.3 Å². The second kappa shape index (κ2) is 8.63. The number of amides is 1. The second-order valence-electron chi connectivity index (χ2n) is 7.11. The van der Waals surface area contributed by atoms with Gasteiger partial charge in [-0.05, 0) is 59.9 Å². The number of nitrogens with one attached hydrogen (secondary N) is 1. The monoisotopic (exact) mass is 356 g/mol. The van der Waals surface area contributed by atoms with Crippen molar-refractivity contribution in [1.29, 1.82) is 0 Å². The van der Waals surface area contributed by atoms with Gasteiger partial charge in [-0.2, -0.15) is 0 Å². The lowest BCUT2D eigenvalue weighted by atomic mass is 9.99. The van der Waals surface area contributed by atoms with E-state index in [0.717, 1.165) is 34.9 Å². The zero-order valence-corrected chi connectivity index (χ0v) is 16.1. The fourth-order valence-corrected chi connectivity index (χ4v) is 4.44. The van der Waals surface area contributed by atoms with E-state index >= 15 is 0 Å². The number of nitrogens with zero attached hydrogens (tertiary/aromatic N) is 1. The standard InChI is InChI=1S/C21H28N2OS/c1-3-19-10-12-25-20(19)21(24)22-13-17-6-8-18(9-7-17)15-23-11-4-5-16(2)14-23/h6-10,12,16H,3-5,11,13-15H2,1-2H3,(H,22,24). The van der Waals surface area contributed by atoms with E-state index in [4.69, 9.17) is 0 Å². The summed E-state index contributed by atoms with van der Waals surface area (Å²) in [6, 6.07) is 10.7. The first-order valence-corrected chi connectivity index (χ1v) is 10.2. The van der Waals surface area contributed by atoms with Gasteiger partial charge in [0.2, 0.25) is 0 Å². The molecule has 1 fully saturated rings. The highest BCUT2D eigenvalue weighted by molar-refractivity contribution is 7.12. The molecule has 1 saturated heterocycles. The van der Waals surface area contributed by atoms with Crippen LogP contribution in [0.25, 0.3) is 0 Å². The van der Waals surface area contributed by atoms with Gasteiger partial charge in [-0.25, -0.2) is 0 Å². The number of hydrogen-bond acceptors (Lipinski definition) is 3. The van der Waals surface area contributed by atoms with Gasteiger partial charge in [0.25, 0.3) is 5.91 Å². The second-order valence-corrected chi connectivity index (χ2v) is 8.03. The number of rotatable bonds is 6. The quantitative estimate of drug-likeness (QED) is 0.828. The molecule has 2 aromatic rings. The molecule has 1 atom stereocenters. The first kappa shape index (κ1) is 18.2. The van der Waals surface area contributed by atoms with Gasteiger partial charge in [0, 0.05) is 19.6 Å². The lowest BCUT2D eigenvalue weighted by Crippen LogP contribution is -2.33. The highest BCUT2D eigenvalue weighted by atomic mass is 32.1. The number of likely N-dealkylation sites (tertiary alicyclic amines) is 1. The van der Waals surface area contributed by atoms with Crippen molar-refractivity contribution in [1.82, 2.24) is 10.2 Å². The Balaban J connectivity index is 1.51. The van der Waals surface area contributed by atoms with Gasteiger partial charge in [-0.15, -0.1) is 11.3 Å². The van der Waals surface area contributed by atoms with Gasteiger partial charge in [0.1, 0.15) is 0 Å². The highest BCUT2D eigenvalue weighted by Crippen LogP contribution is 2.19. The summed E-state index contributed by atoms with van der Waals surface area (Å²) >= 11 is 1.52.